The second kappa shape index (κ2) is 9.39. The van der Waals surface area contributed by atoms with Crippen molar-refractivity contribution < 1.29 is 38.4 Å². The number of phenols is 1. The Morgan fingerprint density at radius 2 is 2.04 bits per heavy atom. The Morgan fingerprint density at radius 1 is 1.35 bits per heavy atom. The Bertz CT molecular complexity index is 725. The van der Waals surface area contributed by atoms with Gasteiger partial charge in [-0.15, -0.1) is 0 Å². The lowest BCUT2D eigenvalue weighted by atomic mass is 9.83. The highest BCUT2D eigenvalue weighted by Gasteiger charge is 2.35. The number of carbonyl (C=O) groups excluding carboxylic acids is 1. The van der Waals surface area contributed by atoms with Gasteiger partial charge in [-0.1, -0.05) is 31.0 Å². The highest BCUT2D eigenvalue weighted by Crippen LogP contribution is 2.41. The first kappa shape index (κ1) is 20.7. The quantitative estimate of drug-likeness (QED) is 0.457. The predicted octanol–water partition coefficient (Wildman–Crippen LogP) is -0.545. The van der Waals surface area contributed by atoms with Crippen molar-refractivity contribution in [2.45, 2.75) is 38.1 Å². The number of aromatic hydroxyl groups is 1. The van der Waals surface area contributed by atoms with Crippen molar-refractivity contribution in [3.63, 3.8) is 0 Å². The van der Waals surface area contributed by atoms with Gasteiger partial charge in [0, 0.05) is 12.6 Å². The number of carbonyl (C=O) groups is 1. The van der Waals surface area contributed by atoms with Crippen molar-refractivity contribution in [1.82, 2.24) is 9.47 Å². The largest absolute Gasteiger partial charge is 1.00 e. The maximum Gasteiger partial charge on any atom is 0.243 e. The number of amides is 1. The Hall–Kier alpha value is -1.57. The molecule has 1 N–H and O–H groups in total. The topological polar surface area (TPSA) is 49.4 Å². The lowest BCUT2D eigenvalue weighted by Gasteiger charge is -2.28. The molecule has 3 rings (SSSR count). The van der Waals surface area contributed by atoms with E-state index in [0.29, 0.717) is 12.5 Å². The van der Waals surface area contributed by atoms with Gasteiger partial charge >= 0.3 is 0 Å². The number of imidazole rings is 1. The van der Waals surface area contributed by atoms with E-state index < -0.39 is 0 Å². The highest BCUT2D eigenvalue weighted by molar-refractivity contribution is 5.84. The van der Waals surface area contributed by atoms with Gasteiger partial charge in [0.2, 0.25) is 12.2 Å². The summed E-state index contributed by atoms with van der Waals surface area (Å²) in [5, 5.41) is 10.3. The number of phenolic OH excluding ortho intramolecular Hbond substituents is 1. The maximum absolute atomic E-state index is 13.2. The molecule has 2 aromatic rings. The van der Waals surface area contributed by atoms with Crippen molar-refractivity contribution in [1.29, 1.82) is 0 Å². The Labute approximate surface area is 172 Å². The summed E-state index contributed by atoms with van der Waals surface area (Å²) in [5.74, 6) is 0.436. The van der Waals surface area contributed by atoms with Gasteiger partial charge in [-0.3, -0.25) is 4.79 Å². The molecular formula is C20H28IN3O2. The molecule has 6 heteroatoms. The number of hydrogen-bond donors (Lipinski definition) is 1. The Morgan fingerprint density at radius 3 is 2.65 bits per heavy atom. The van der Waals surface area contributed by atoms with Gasteiger partial charge in [0.15, 0.2) is 0 Å². The molecule has 1 heterocycles. The maximum atomic E-state index is 13.2. The van der Waals surface area contributed by atoms with Crippen molar-refractivity contribution in [3.8, 4) is 5.75 Å². The van der Waals surface area contributed by atoms with E-state index in [9.17, 15) is 9.90 Å². The summed E-state index contributed by atoms with van der Waals surface area (Å²) in [6.07, 6.45) is 10.5. The molecule has 1 amide bonds. The molecule has 0 bridgehead atoms. The van der Waals surface area contributed by atoms with Gasteiger partial charge in [-0.2, -0.15) is 0 Å². The van der Waals surface area contributed by atoms with Gasteiger partial charge in [-0.25, -0.2) is 9.13 Å². The third-order valence-corrected chi connectivity index (χ3v) is 5.30. The Balaban J connectivity index is 0.00000243. The minimum absolute atomic E-state index is 0. The first-order valence-corrected chi connectivity index (χ1v) is 9.10. The van der Waals surface area contributed by atoms with Crippen LogP contribution < -0.4 is 28.5 Å². The lowest BCUT2D eigenvalue weighted by molar-refractivity contribution is -0.671. The van der Waals surface area contributed by atoms with E-state index >= 15 is 0 Å². The molecule has 1 aromatic heterocycles. The molecule has 0 spiro atoms. The summed E-state index contributed by atoms with van der Waals surface area (Å²) in [5.41, 5.74) is 0.776. The normalized spacial score (nSPS) is 15.5. The molecule has 1 fully saturated rings. The van der Waals surface area contributed by atoms with Gasteiger partial charge in [0.05, 0.1) is 19.5 Å². The molecule has 142 valence electrons. The number of aryl methyl sites for hydroxylation is 1. The first-order valence-electron chi connectivity index (χ1n) is 9.10. The molecule has 1 aliphatic rings. The number of likely N-dealkylation sites (N-methyl/N-ethyl adjacent to an activating group) is 1. The molecule has 1 atom stereocenters. The van der Waals surface area contributed by atoms with Crippen molar-refractivity contribution in [2.24, 2.45) is 13.0 Å². The molecule has 0 aliphatic heterocycles. The van der Waals surface area contributed by atoms with Gasteiger partial charge in [0.25, 0.3) is 0 Å². The molecule has 1 aromatic carbocycles. The van der Waals surface area contributed by atoms with Crippen LogP contribution in [0.15, 0.2) is 43.0 Å². The number of aromatic nitrogens is 2. The number of benzene rings is 1. The fraction of sp³-hybridized carbons (Fsp3) is 0.500. The van der Waals surface area contributed by atoms with Gasteiger partial charge < -0.3 is 34.0 Å². The minimum atomic E-state index is -0.241. The van der Waals surface area contributed by atoms with E-state index in [-0.39, 0.29) is 41.6 Å². The minimum Gasteiger partial charge on any atom is -1.00 e. The van der Waals surface area contributed by atoms with Crippen LogP contribution in [0, 0.1) is 5.92 Å². The number of nitrogens with zero attached hydrogens (tertiary/aromatic N) is 3. The molecule has 1 saturated carbocycles. The van der Waals surface area contributed by atoms with Crippen molar-refractivity contribution >= 4 is 5.91 Å². The summed E-state index contributed by atoms with van der Waals surface area (Å²) in [6.45, 7) is 1.42. The average molecular weight is 469 g/mol. The van der Waals surface area contributed by atoms with E-state index in [1.165, 1.54) is 12.8 Å². The second-order valence-electron chi connectivity index (χ2n) is 7.16. The van der Waals surface area contributed by atoms with Crippen LogP contribution >= 0.6 is 0 Å². The molecule has 26 heavy (non-hydrogen) atoms. The van der Waals surface area contributed by atoms with Gasteiger partial charge in [0.1, 0.15) is 24.7 Å². The highest BCUT2D eigenvalue weighted by atomic mass is 127. The molecule has 0 radical (unpaired) electrons. The fourth-order valence-corrected chi connectivity index (χ4v) is 3.88. The smallest absolute Gasteiger partial charge is 0.243 e. The van der Waals surface area contributed by atoms with Crippen LogP contribution in [0.4, 0.5) is 0 Å². The van der Waals surface area contributed by atoms with Crippen LogP contribution in [0.2, 0.25) is 0 Å². The third-order valence-electron chi connectivity index (χ3n) is 5.30. The Kier molecular flexibility index (Phi) is 7.49. The number of halogens is 1. The van der Waals surface area contributed by atoms with E-state index in [4.69, 9.17) is 0 Å². The standard InChI is InChI=1S/C20H27N3O2.HI/c1-21-11-13-23(15-21)14-12-22(2)20(25)19(16-7-3-4-8-16)17-9-5-6-10-18(17)24;/h5-6,9-11,13,15-16,19H,3-4,7-8,12,14H2,1-2H3;1H. The summed E-state index contributed by atoms with van der Waals surface area (Å²) in [7, 11) is 3.85. The predicted molar refractivity (Wildman–Crippen MR) is 96.1 cm³/mol. The molecule has 0 saturated heterocycles. The fourth-order valence-electron chi connectivity index (χ4n) is 3.88. The van der Waals surface area contributed by atoms with Crippen LogP contribution in [0.5, 0.6) is 5.75 Å². The number of para-hydroxylation sites is 1. The number of hydrogen-bond acceptors (Lipinski definition) is 2. The monoisotopic (exact) mass is 469 g/mol. The van der Waals surface area contributed by atoms with E-state index in [0.717, 1.165) is 24.9 Å². The van der Waals surface area contributed by atoms with Crippen LogP contribution in [-0.4, -0.2) is 34.1 Å². The zero-order valence-electron chi connectivity index (χ0n) is 15.5. The molecular weight excluding hydrogens is 441 g/mol. The summed E-state index contributed by atoms with van der Waals surface area (Å²) in [4.78, 5) is 15.0. The average Bonchev–Trinajstić information content (AvgIpc) is 3.26. The summed E-state index contributed by atoms with van der Waals surface area (Å²) >= 11 is 0. The SMILES string of the molecule is CN(CCn1cc[n+](C)c1)C(=O)C(c1ccccc1O)C1CCCC1.[I-]. The van der Waals surface area contributed by atoms with Crippen molar-refractivity contribution in [2.75, 3.05) is 13.6 Å². The number of rotatable bonds is 6. The van der Waals surface area contributed by atoms with Crippen LogP contribution in [-0.2, 0) is 18.4 Å². The zero-order valence-corrected chi connectivity index (χ0v) is 17.7. The van der Waals surface area contributed by atoms with E-state index in [2.05, 4.69) is 4.57 Å². The van der Waals surface area contributed by atoms with E-state index in [1.807, 2.05) is 60.5 Å². The third kappa shape index (κ3) is 4.78. The van der Waals surface area contributed by atoms with Crippen LogP contribution in [0.25, 0.3) is 0 Å². The second-order valence-corrected chi connectivity index (χ2v) is 7.16. The zero-order chi connectivity index (χ0) is 17.8. The van der Waals surface area contributed by atoms with Crippen molar-refractivity contribution in [3.05, 3.63) is 48.5 Å². The van der Waals surface area contributed by atoms with E-state index in [1.54, 1.807) is 6.07 Å². The van der Waals surface area contributed by atoms with Gasteiger partial charge in [-0.05, 0) is 24.8 Å². The van der Waals surface area contributed by atoms with Crippen LogP contribution in [0.3, 0.4) is 0 Å². The molecule has 5 nitrogen and oxygen atoms in total. The molecule has 1 unspecified atom stereocenters. The molecule has 1 aliphatic carbocycles. The lowest BCUT2D eigenvalue weighted by Crippen LogP contribution is -3.00. The van der Waals surface area contributed by atoms with Crippen LogP contribution in [0.1, 0.15) is 37.2 Å². The summed E-state index contributed by atoms with van der Waals surface area (Å²) in [6, 6.07) is 7.30. The first-order chi connectivity index (χ1) is 12.1. The summed E-state index contributed by atoms with van der Waals surface area (Å²) < 4.78 is 4.07.